The van der Waals surface area contributed by atoms with E-state index in [0.29, 0.717) is 16.7 Å². The van der Waals surface area contributed by atoms with Crippen LogP contribution in [0.1, 0.15) is 18.4 Å². The molecule has 1 heterocycles. The first-order valence-electron chi connectivity index (χ1n) is 5.23. The number of thioether (sulfide) groups is 1. The van der Waals surface area contributed by atoms with Gasteiger partial charge in [0.25, 0.3) is 0 Å². The molecule has 1 saturated heterocycles. The predicted molar refractivity (Wildman–Crippen MR) is 65.9 cm³/mol. The van der Waals surface area contributed by atoms with Crippen LogP contribution in [0.3, 0.4) is 0 Å². The lowest BCUT2D eigenvalue weighted by atomic mass is 10.2. The molecule has 1 fully saturated rings. The summed E-state index contributed by atoms with van der Waals surface area (Å²) in [4.78, 5) is 1.10. The van der Waals surface area contributed by atoms with Gasteiger partial charge in [0.05, 0.1) is 16.7 Å². The third kappa shape index (κ3) is 2.91. The zero-order chi connectivity index (χ0) is 11.4. The number of ether oxygens (including phenoxy) is 1. The zero-order valence-electron chi connectivity index (χ0n) is 8.78. The van der Waals surface area contributed by atoms with Gasteiger partial charge in [0, 0.05) is 17.3 Å². The van der Waals surface area contributed by atoms with Crippen molar-refractivity contribution >= 4 is 23.4 Å². The van der Waals surface area contributed by atoms with Crippen LogP contribution >= 0.6 is 23.4 Å². The minimum atomic E-state index is 0.374. The molecule has 0 radical (unpaired) electrons. The van der Waals surface area contributed by atoms with Gasteiger partial charge in [-0.3, -0.25) is 0 Å². The molecule has 1 unspecified atom stereocenters. The minimum Gasteiger partial charge on any atom is -0.377 e. The Bertz CT molecular complexity index is 410. The first kappa shape index (κ1) is 11.8. The van der Waals surface area contributed by atoms with Crippen molar-refractivity contribution in [2.24, 2.45) is 0 Å². The van der Waals surface area contributed by atoms with Crippen LogP contribution in [0.15, 0.2) is 23.1 Å². The summed E-state index contributed by atoms with van der Waals surface area (Å²) in [5.74, 6) is 0.961. The van der Waals surface area contributed by atoms with E-state index in [4.69, 9.17) is 21.6 Å². The Morgan fingerprint density at radius 1 is 1.56 bits per heavy atom. The van der Waals surface area contributed by atoms with Gasteiger partial charge in [-0.25, -0.2) is 0 Å². The Morgan fingerprint density at radius 3 is 3.06 bits per heavy atom. The Morgan fingerprint density at radius 2 is 2.44 bits per heavy atom. The van der Waals surface area contributed by atoms with Gasteiger partial charge >= 0.3 is 0 Å². The molecule has 1 aliphatic heterocycles. The lowest BCUT2D eigenvalue weighted by molar-refractivity contribution is 0.129. The molecule has 1 aromatic carbocycles. The van der Waals surface area contributed by atoms with Crippen molar-refractivity contribution in [1.29, 1.82) is 5.26 Å². The minimum absolute atomic E-state index is 0.374. The summed E-state index contributed by atoms with van der Waals surface area (Å²) in [5, 5.41) is 9.28. The van der Waals surface area contributed by atoms with E-state index in [-0.39, 0.29) is 0 Å². The van der Waals surface area contributed by atoms with E-state index >= 15 is 0 Å². The fourth-order valence-electron chi connectivity index (χ4n) is 1.64. The third-order valence-electron chi connectivity index (χ3n) is 2.52. The summed E-state index contributed by atoms with van der Waals surface area (Å²) in [6, 6.07) is 7.60. The number of nitriles is 1. The zero-order valence-corrected chi connectivity index (χ0v) is 10.4. The van der Waals surface area contributed by atoms with Crippen LogP contribution in [-0.4, -0.2) is 18.5 Å². The van der Waals surface area contributed by atoms with Gasteiger partial charge in [-0.2, -0.15) is 5.26 Å². The van der Waals surface area contributed by atoms with Crippen LogP contribution in [0.2, 0.25) is 5.02 Å². The second kappa shape index (κ2) is 5.58. The molecule has 1 aliphatic rings. The van der Waals surface area contributed by atoms with E-state index in [1.165, 1.54) is 6.42 Å². The topological polar surface area (TPSA) is 33.0 Å². The highest BCUT2D eigenvalue weighted by molar-refractivity contribution is 7.99. The first-order chi connectivity index (χ1) is 7.79. The number of rotatable bonds is 3. The average molecular weight is 254 g/mol. The normalized spacial score (nSPS) is 19.6. The van der Waals surface area contributed by atoms with Crippen LogP contribution in [0.25, 0.3) is 0 Å². The summed E-state index contributed by atoms with van der Waals surface area (Å²) in [5.41, 5.74) is 0.531. The van der Waals surface area contributed by atoms with E-state index in [9.17, 15) is 0 Å². The van der Waals surface area contributed by atoms with E-state index < -0.39 is 0 Å². The van der Waals surface area contributed by atoms with Crippen molar-refractivity contribution < 1.29 is 4.74 Å². The van der Waals surface area contributed by atoms with Crippen molar-refractivity contribution in [1.82, 2.24) is 0 Å². The van der Waals surface area contributed by atoms with E-state index in [1.807, 2.05) is 12.1 Å². The summed E-state index contributed by atoms with van der Waals surface area (Å²) < 4.78 is 5.54. The molecule has 0 bridgehead atoms. The first-order valence-corrected chi connectivity index (χ1v) is 6.60. The van der Waals surface area contributed by atoms with Crippen LogP contribution in [0, 0.1) is 11.3 Å². The van der Waals surface area contributed by atoms with Crippen molar-refractivity contribution in [2.75, 3.05) is 12.4 Å². The highest BCUT2D eigenvalue weighted by Gasteiger charge is 2.15. The fourth-order valence-corrected chi connectivity index (χ4v) is 2.94. The highest BCUT2D eigenvalue weighted by Crippen LogP contribution is 2.27. The smallest absolute Gasteiger partial charge is 0.101 e. The predicted octanol–water partition coefficient (Wildman–Crippen LogP) is 3.48. The molecule has 2 rings (SSSR count). The van der Waals surface area contributed by atoms with Crippen LogP contribution in [-0.2, 0) is 4.74 Å². The van der Waals surface area contributed by atoms with Crippen LogP contribution in [0.4, 0.5) is 0 Å². The highest BCUT2D eigenvalue weighted by atomic mass is 35.5. The molecular formula is C12H12ClNOS. The lowest BCUT2D eigenvalue weighted by Gasteiger charge is -2.08. The molecule has 1 aromatic rings. The standard InChI is InChI=1S/C12H12ClNOS/c13-12-6-11(4-3-9(12)7-14)16-8-10-2-1-5-15-10/h3-4,6,10H,1-2,5,8H2. The second-order valence-electron chi connectivity index (χ2n) is 3.70. The van der Waals surface area contributed by atoms with Gasteiger partial charge < -0.3 is 4.74 Å². The molecule has 0 aliphatic carbocycles. The van der Waals surface area contributed by atoms with Gasteiger partial charge in [0.1, 0.15) is 6.07 Å². The fraction of sp³-hybridized carbons (Fsp3) is 0.417. The maximum absolute atomic E-state index is 8.75. The molecule has 0 spiro atoms. The second-order valence-corrected chi connectivity index (χ2v) is 5.20. The summed E-state index contributed by atoms with van der Waals surface area (Å²) >= 11 is 7.69. The Hall–Kier alpha value is -0.690. The largest absolute Gasteiger partial charge is 0.377 e. The van der Waals surface area contributed by atoms with E-state index in [0.717, 1.165) is 23.7 Å². The number of halogens is 1. The van der Waals surface area contributed by atoms with Gasteiger partial charge in [-0.1, -0.05) is 11.6 Å². The maximum Gasteiger partial charge on any atom is 0.101 e. The van der Waals surface area contributed by atoms with E-state index in [1.54, 1.807) is 17.8 Å². The molecule has 0 N–H and O–H groups in total. The van der Waals surface area contributed by atoms with Gasteiger partial charge in [0.15, 0.2) is 0 Å². The average Bonchev–Trinajstić information content (AvgIpc) is 2.79. The number of hydrogen-bond donors (Lipinski definition) is 0. The SMILES string of the molecule is N#Cc1ccc(SCC2CCCO2)cc1Cl. The van der Waals surface area contributed by atoms with Crippen LogP contribution < -0.4 is 0 Å². The third-order valence-corrected chi connectivity index (χ3v) is 3.96. The monoisotopic (exact) mass is 253 g/mol. The molecule has 84 valence electrons. The summed E-state index contributed by atoms with van der Waals surface area (Å²) in [7, 11) is 0. The maximum atomic E-state index is 8.75. The van der Waals surface area contributed by atoms with Gasteiger partial charge in [-0.05, 0) is 31.0 Å². The molecule has 0 aromatic heterocycles. The lowest BCUT2D eigenvalue weighted by Crippen LogP contribution is -2.07. The van der Waals surface area contributed by atoms with Crippen molar-refractivity contribution in [2.45, 2.75) is 23.8 Å². The van der Waals surface area contributed by atoms with E-state index in [2.05, 4.69) is 6.07 Å². The van der Waals surface area contributed by atoms with Crippen molar-refractivity contribution in [3.63, 3.8) is 0 Å². The summed E-state index contributed by atoms with van der Waals surface area (Å²) in [6.45, 7) is 0.888. The van der Waals surface area contributed by atoms with Gasteiger partial charge in [-0.15, -0.1) is 11.8 Å². The van der Waals surface area contributed by atoms with Crippen molar-refractivity contribution in [3.8, 4) is 6.07 Å². The molecule has 1 atom stereocenters. The molecule has 0 saturated carbocycles. The molecule has 0 amide bonds. The Kier molecular flexibility index (Phi) is 4.11. The summed E-state index contributed by atoms with van der Waals surface area (Å²) in [6.07, 6.45) is 2.69. The van der Waals surface area contributed by atoms with Crippen molar-refractivity contribution in [3.05, 3.63) is 28.8 Å². The number of benzene rings is 1. The molecule has 16 heavy (non-hydrogen) atoms. The molecular weight excluding hydrogens is 242 g/mol. The van der Waals surface area contributed by atoms with Gasteiger partial charge in [0.2, 0.25) is 0 Å². The quantitative estimate of drug-likeness (QED) is 0.774. The van der Waals surface area contributed by atoms with Crippen LogP contribution in [0.5, 0.6) is 0 Å². The number of hydrogen-bond acceptors (Lipinski definition) is 3. The Balaban J connectivity index is 1.94. The number of nitrogens with zero attached hydrogens (tertiary/aromatic N) is 1. The molecule has 4 heteroatoms. The molecule has 2 nitrogen and oxygen atoms in total. The Labute approximate surface area is 105 Å².